The van der Waals surface area contributed by atoms with E-state index in [0.29, 0.717) is 21.7 Å². The average molecular weight is 480 g/mol. The van der Waals surface area contributed by atoms with E-state index in [1.165, 1.54) is 43.1 Å². The van der Waals surface area contributed by atoms with Gasteiger partial charge in [-0.2, -0.15) is 4.99 Å². The number of thiazole rings is 1. The zero-order valence-electron chi connectivity index (χ0n) is 17.5. The van der Waals surface area contributed by atoms with Crippen LogP contribution >= 0.6 is 11.3 Å². The standard InChI is InChI=1S/C20H21N3O7S2/c1-4-30-18(24)11-23-15-7-6-13(32(21,26)27)10-17(15)31-20(23)22-19(25)14-9-12(28-2)5-8-16(14)29-3/h5-10H,4,11H2,1-3H3,(H2,21,26,27). The van der Waals surface area contributed by atoms with Crippen molar-refractivity contribution in [2.75, 3.05) is 20.8 Å². The molecule has 12 heteroatoms. The summed E-state index contributed by atoms with van der Waals surface area (Å²) in [5.74, 6) is -0.417. The van der Waals surface area contributed by atoms with Gasteiger partial charge < -0.3 is 18.8 Å². The number of hydrogen-bond acceptors (Lipinski definition) is 8. The zero-order valence-corrected chi connectivity index (χ0v) is 19.2. The second-order valence-corrected chi connectivity index (χ2v) is 9.00. The Morgan fingerprint density at radius 2 is 1.88 bits per heavy atom. The third-order valence-corrected chi connectivity index (χ3v) is 6.36. The lowest BCUT2D eigenvalue weighted by molar-refractivity contribution is -0.143. The van der Waals surface area contributed by atoms with Gasteiger partial charge >= 0.3 is 5.97 Å². The number of carbonyl (C=O) groups excluding carboxylic acids is 2. The predicted octanol–water partition coefficient (Wildman–Crippen LogP) is 1.67. The van der Waals surface area contributed by atoms with E-state index in [9.17, 15) is 18.0 Å². The molecule has 0 bridgehead atoms. The fraction of sp³-hybridized carbons (Fsp3) is 0.250. The quantitative estimate of drug-likeness (QED) is 0.509. The van der Waals surface area contributed by atoms with Crippen molar-refractivity contribution in [3.05, 3.63) is 46.8 Å². The normalized spacial score (nSPS) is 12.1. The number of nitrogens with zero attached hydrogens (tertiary/aromatic N) is 2. The van der Waals surface area contributed by atoms with Crippen molar-refractivity contribution in [3.8, 4) is 11.5 Å². The fourth-order valence-corrected chi connectivity index (χ4v) is 4.61. The molecule has 0 saturated heterocycles. The maximum absolute atomic E-state index is 13.0. The third kappa shape index (κ3) is 4.98. The number of methoxy groups -OCH3 is 2. The first-order valence-corrected chi connectivity index (χ1v) is 11.7. The van der Waals surface area contributed by atoms with Crippen LogP contribution < -0.4 is 19.4 Å². The van der Waals surface area contributed by atoms with Crippen LogP contribution in [0.2, 0.25) is 0 Å². The van der Waals surface area contributed by atoms with E-state index >= 15 is 0 Å². The molecule has 10 nitrogen and oxygen atoms in total. The summed E-state index contributed by atoms with van der Waals surface area (Å²) >= 11 is 1.04. The van der Waals surface area contributed by atoms with Gasteiger partial charge in [-0.1, -0.05) is 11.3 Å². The molecule has 0 saturated carbocycles. The topological polar surface area (TPSA) is 139 Å². The Morgan fingerprint density at radius 1 is 1.12 bits per heavy atom. The van der Waals surface area contributed by atoms with Gasteiger partial charge in [0.05, 0.1) is 41.5 Å². The molecule has 2 N–H and O–H groups in total. The number of benzene rings is 2. The summed E-state index contributed by atoms with van der Waals surface area (Å²) < 4.78 is 40.8. The SMILES string of the molecule is CCOC(=O)Cn1c(=NC(=O)c2cc(OC)ccc2OC)sc2cc(S(N)(=O)=O)ccc21. The minimum absolute atomic E-state index is 0.0955. The van der Waals surface area contributed by atoms with Crippen molar-refractivity contribution in [2.24, 2.45) is 10.1 Å². The molecule has 1 heterocycles. The molecule has 3 rings (SSSR count). The molecule has 0 spiro atoms. The molecule has 0 aliphatic rings. The Morgan fingerprint density at radius 3 is 2.50 bits per heavy atom. The number of carbonyl (C=O) groups is 2. The number of nitrogens with two attached hydrogens (primary N) is 1. The van der Waals surface area contributed by atoms with E-state index in [1.54, 1.807) is 19.1 Å². The van der Waals surface area contributed by atoms with Crippen LogP contribution in [0.15, 0.2) is 46.3 Å². The summed E-state index contributed by atoms with van der Waals surface area (Å²) in [4.78, 5) is 29.4. The number of primary sulfonamides is 1. The van der Waals surface area contributed by atoms with Gasteiger partial charge in [-0.25, -0.2) is 13.6 Å². The van der Waals surface area contributed by atoms with Gasteiger partial charge in [0.1, 0.15) is 18.0 Å². The first-order chi connectivity index (χ1) is 15.2. The molecule has 1 amide bonds. The highest BCUT2D eigenvalue weighted by Crippen LogP contribution is 2.25. The number of fused-ring (bicyclic) bond motifs is 1. The molecule has 32 heavy (non-hydrogen) atoms. The van der Waals surface area contributed by atoms with Crippen LogP contribution in [0, 0.1) is 0 Å². The van der Waals surface area contributed by atoms with Crippen LogP contribution in [-0.2, 0) is 26.1 Å². The number of ether oxygens (including phenoxy) is 3. The van der Waals surface area contributed by atoms with Gasteiger partial charge in [0, 0.05) is 0 Å². The molecule has 2 aromatic carbocycles. The van der Waals surface area contributed by atoms with Crippen LogP contribution in [0.5, 0.6) is 11.5 Å². The van der Waals surface area contributed by atoms with E-state index in [4.69, 9.17) is 19.3 Å². The van der Waals surface area contributed by atoms with Crippen molar-refractivity contribution in [1.29, 1.82) is 0 Å². The Bertz CT molecular complexity index is 1360. The van der Waals surface area contributed by atoms with Crippen LogP contribution in [0.4, 0.5) is 0 Å². The second kappa shape index (κ2) is 9.51. The lowest BCUT2D eigenvalue weighted by Crippen LogP contribution is -2.23. The van der Waals surface area contributed by atoms with Crippen LogP contribution in [0.25, 0.3) is 10.2 Å². The highest BCUT2D eigenvalue weighted by Gasteiger charge is 2.18. The van der Waals surface area contributed by atoms with E-state index in [1.807, 2.05) is 0 Å². The highest BCUT2D eigenvalue weighted by molar-refractivity contribution is 7.89. The summed E-state index contributed by atoms with van der Waals surface area (Å²) in [6.45, 7) is 1.64. The maximum atomic E-state index is 13.0. The van der Waals surface area contributed by atoms with Gasteiger partial charge in [-0.15, -0.1) is 0 Å². The van der Waals surface area contributed by atoms with Crippen LogP contribution in [0.1, 0.15) is 17.3 Å². The minimum atomic E-state index is -3.93. The van der Waals surface area contributed by atoms with Gasteiger partial charge in [-0.3, -0.25) is 9.59 Å². The second-order valence-electron chi connectivity index (χ2n) is 6.43. The molecule has 0 fully saturated rings. The molecule has 170 valence electrons. The predicted molar refractivity (Wildman–Crippen MR) is 117 cm³/mol. The summed E-state index contributed by atoms with van der Waals surface area (Å²) in [5.41, 5.74) is 0.664. The summed E-state index contributed by atoms with van der Waals surface area (Å²) in [6.07, 6.45) is 0. The number of amides is 1. The number of aromatic nitrogens is 1. The number of hydrogen-bond donors (Lipinski definition) is 1. The van der Waals surface area contributed by atoms with Crippen molar-refractivity contribution in [2.45, 2.75) is 18.4 Å². The highest BCUT2D eigenvalue weighted by atomic mass is 32.2. The lowest BCUT2D eigenvalue weighted by Gasteiger charge is -2.08. The van der Waals surface area contributed by atoms with Crippen LogP contribution in [-0.4, -0.2) is 45.7 Å². The number of rotatable bonds is 7. The molecule has 0 aliphatic heterocycles. The third-order valence-electron chi connectivity index (χ3n) is 4.41. The smallest absolute Gasteiger partial charge is 0.326 e. The number of sulfonamides is 1. The summed E-state index contributed by atoms with van der Waals surface area (Å²) in [6, 6.07) is 8.91. The van der Waals surface area contributed by atoms with Crippen molar-refractivity contribution in [1.82, 2.24) is 4.57 Å². The largest absolute Gasteiger partial charge is 0.497 e. The van der Waals surface area contributed by atoms with E-state index in [-0.39, 0.29) is 28.4 Å². The molecule has 0 unspecified atom stereocenters. The Balaban J connectivity index is 2.20. The maximum Gasteiger partial charge on any atom is 0.326 e. The molecule has 0 aliphatic carbocycles. The summed E-state index contributed by atoms with van der Waals surface area (Å²) in [7, 11) is -1.04. The molecular weight excluding hydrogens is 458 g/mol. The van der Waals surface area contributed by atoms with Crippen molar-refractivity contribution in [3.63, 3.8) is 0 Å². The Hall–Kier alpha value is -3.22. The van der Waals surface area contributed by atoms with Gasteiger partial charge in [0.25, 0.3) is 5.91 Å². The zero-order chi connectivity index (χ0) is 23.5. The lowest BCUT2D eigenvalue weighted by atomic mass is 10.2. The fourth-order valence-electron chi connectivity index (χ4n) is 2.93. The summed E-state index contributed by atoms with van der Waals surface area (Å²) in [5, 5.41) is 5.22. The molecular formula is C20H21N3O7S2. The van der Waals surface area contributed by atoms with E-state index < -0.39 is 21.9 Å². The molecule has 0 radical (unpaired) electrons. The first kappa shape index (κ1) is 23.4. The van der Waals surface area contributed by atoms with E-state index in [2.05, 4.69) is 4.99 Å². The molecule has 1 aromatic heterocycles. The van der Waals surface area contributed by atoms with Crippen LogP contribution in [0.3, 0.4) is 0 Å². The monoisotopic (exact) mass is 479 g/mol. The van der Waals surface area contributed by atoms with Gasteiger partial charge in [0.15, 0.2) is 4.80 Å². The Labute approximate surface area is 187 Å². The first-order valence-electron chi connectivity index (χ1n) is 9.30. The molecule has 3 aromatic rings. The minimum Gasteiger partial charge on any atom is -0.497 e. The Kier molecular flexibility index (Phi) is 6.96. The van der Waals surface area contributed by atoms with Gasteiger partial charge in [-0.05, 0) is 43.3 Å². The van der Waals surface area contributed by atoms with Crippen molar-refractivity contribution < 1.29 is 32.2 Å². The molecule has 0 atom stereocenters. The number of esters is 1. The average Bonchev–Trinajstić information content (AvgIpc) is 3.08. The van der Waals surface area contributed by atoms with E-state index in [0.717, 1.165) is 11.3 Å². The van der Waals surface area contributed by atoms with Crippen molar-refractivity contribution >= 4 is 43.5 Å². The van der Waals surface area contributed by atoms with Gasteiger partial charge in [0.2, 0.25) is 10.0 Å².